The SMILES string of the molecule is COC(=O)[C@@H](CS)NC(=O)[C@@H](CO)NC(=O)OC(C)(C)C. The van der Waals surface area contributed by atoms with Gasteiger partial charge in [0, 0.05) is 5.75 Å². The maximum atomic E-state index is 11.9. The van der Waals surface area contributed by atoms with Gasteiger partial charge in [0.2, 0.25) is 5.91 Å². The highest BCUT2D eigenvalue weighted by Crippen LogP contribution is 2.06. The minimum Gasteiger partial charge on any atom is -0.467 e. The lowest BCUT2D eigenvalue weighted by molar-refractivity contribution is -0.144. The minimum atomic E-state index is -1.24. The first-order chi connectivity index (χ1) is 9.64. The molecule has 9 heteroatoms. The summed E-state index contributed by atoms with van der Waals surface area (Å²) >= 11 is 3.92. The van der Waals surface area contributed by atoms with E-state index in [1.54, 1.807) is 20.8 Å². The van der Waals surface area contributed by atoms with Crippen molar-refractivity contribution in [3.8, 4) is 0 Å². The molecule has 0 saturated heterocycles. The van der Waals surface area contributed by atoms with E-state index in [0.717, 1.165) is 0 Å². The van der Waals surface area contributed by atoms with Crippen molar-refractivity contribution in [3.63, 3.8) is 0 Å². The first-order valence-corrected chi connectivity index (χ1v) is 6.87. The molecular formula is C12H22N2O6S. The van der Waals surface area contributed by atoms with Gasteiger partial charge in [-0.2, -0.15) is 12.6 Å². The highest BCUT2D eigenvalue weighted by Gasteiger charge is 2.27. The fourth-order valence-electron chi connectivity index (χ4n) is 1.24. The topological polar surface area (TPSA) is 114 Å². The van der Waals surface area contributed by atoms with Gasteiger partial charge in [0.25, 0.3) is 0 Å². The summed E-state index contributed by atoms with van der Waals surface area (Å²) in [5.41, 5.74) is -0.736. The number of esters is 1. The highest BCUT2D eigenvalue weighted by molar-refractivity contribution is 7.80. The quantitative estimate of drug-likeness (QED) is 0.386. The van der Waals surface area contributed by atoms with Crippen LogP contribution in [-0.4, -0.2) is 60.2 Å². The Hall–Kier alpha value is -1.48. The Bertz CT molecular complexity index is 382. The molecule has 0 saturated carbocycles. The van der Waals surface area contributed by atoms with Crippen LogP contribution in [-0.2, 0) is 19.1 Å². The summed E-state index contributed by atoms with van der Waals surface area (Å²) in [5.74, 6) is -1.40. The van der Waals surface area contributed by atoms with Gasteiger partial charge in [-0.25, -0.2) is 9.59 Å². The van der Waals surface area contributed by atoms with Crippen LogP contribution in [0.25, 0.3) is 0 Å². The van der Waals surface area contributed by atoms with Gasteiger partial charge in [0.05, 0.1) is 13.7 Å². The summed E-state index contributed by atoms with van der Waals surface area (Å²) in [5, 5.41) is 13.7. The van der Waals surface area contributed by atoms with Gasteiger partial charge in [-0.1, -0.05) is 0 Å². The summed E-state index contributed by atoms with van der Waals surface area (Å²) in [4.78, 5) is 34.8. The number of nitrogens with one attached hydrogen (secondary N) is 2. The zero-order valence-corrected chi connectivity index (χ0v) is 13.4. The van der Waals surface area contributed by atoms with E-state index in [2.05, 4.69) is 28.0 Å². The predicted octanol–water partition coefficient (Wildman–Crippen LogP) is -0.540. The Labute approximate surface area is 129 Å². The zero-order chi connectivity index (χ0) is 16.6. The molecule has 122 valence electrons. The number of rotatable bonds is 6. The normalized spacial score (nSPS) is 13.8. The molecule has 8 nitrogen and oxygen atoms in total. The van der Waals surface area contributed by atoms with Crippen LogP contribution in [0.15, 0.2) is 0 Å². The number of alkyl carbamates (subject to hydrolysis) is 1. The Balaban J connectivity index is 4.62. The Kier molecular flexibility index (Phi) is 8.11. The maximum absolute atomic E-state index is 11.9. The molecule has 0 fully saturated rings. The molecular weight excluding hydrogens is 300 g/mol. The molecule has 3 N–H and O–H groups in total. The molecule has 0 aliphatic carbocycles. The van der Waals surface area contributed by atoms with E-state index in [-0.39, 0.29) is 5.75 Å². The molecule has 2 atom stereocenters. The van der Waals surface area contributed by atoms with Gasteiger partial charge in [-0.15, -0.1) is 0 Å². The fraction of sp³-hybridized carbons (Fsp3) is 0.750. The van der Waals surface area contributed by atoms with E-state index in [0.29, 0.717) is 0 Å². The standard InChI is InChI=1S/C12H22N2O6S/c1-12(2,3)20-11(18)14-7(5-15)9(16)13-8(6-21)10(17)19-4/h7-8,15,21H,5-6H2,1-4H3,(H,13,16)(H,14,18)/t7-,8-/m1/s1. The van der Waals surface area contributed by atoms with E-state index in [1.807, 2.05) is 0 Å². The van der Waals surface area contributed by atoms with E-state index in [9.17, 15) is 14.4 Å². The van der Waals surface area contributed by atoms with Crippen LogP contribution in [0.5, 0.6) is 0 Å². The molecule has 0 aromatic carbocycles. The van der Waals surface area contributed by atoms with Crippen LogP contribution in [0.4, 0.5) is 4.79 Å². The van der Waals surface area contributed by atoms with E-state index in [4.69, 9.17) is 9.84 Å². The third kappa shape index (κ3) is 7.76. The van der Waals surface area contributed by atoms with E-state index in [1.165, 1.54) is 7.11 Å². The van der Waals surface area contributed by atoms with Crippen LogP contribution in [0.2, 0.25) is 0 Å². The van der Waals surface area contributed by atoms with Gasteiger partial charge >= 0.3 is 12.1 Å². The number of aliphatic hydroxyl groups excluding tert-OH is 1. The van der Waals surface area contributed by atoms with Gasteiger partial charge < -0.3 is 25.2 Å². The molecule has 0 aromatic rings. The average Bonchev–Trinajstić information content (AvgIpc) is 2.38. The van der Waals surface area contributed by atoms with Crippen molar-refractivity contribution in [1.29, 1.82) is 0 Å². The average molecular weight is 322 g/mol. The van der Waals surface area contributed by atoms with Crippen molar-refractivity contribution < 1.29 is 29.0 Å². The second kappa shape index (κ2) is 8.73. The maximum Gasteiger partial charge on any atom is 0.408 e. The largest absolute Gasteiger partial charge is 0.467 e. The van der Waals surface area contributed by atoms with Gasteiger partial charge in [-0.05, 0) is 20.8 Å². The van der Waals surface area contributed by atoms with Crippen molar-refractivity contribution >= 4 is 30.6 Å². The number of methoxy groups -OCH3 is 1. The number of aliphatic hydroxyl groups is 1. The lowest BCUT2D eigenvalue weighted by Crippen LogP contribution is -2.54. The molecule has 0 aliphatic heterocycles. The van der Waals surface area contributed by atoms with Crippen LogP contribution in [0, 0.1) is 0 Å². The highest BCUT2D eigenvalue weighted by atomic mass is 32.1. The van der Waals surface area contributed by atoms with Gasteiger partial charge in [0.1, 0.15) is 17.7 Å². The smallest absolute Gasteiger partial charge is 0.408 e. The number of hydrogen-bond donors (Lipinski definition) is 4. The first kappa shape index (κ1) is 19.5. The molecule has 0 spiro atoms. The van der Waals surface area contributed by atoms with Crippen molar-refractivity contribution in [2.75, 3.05) is 19.5 Å². The third-order valence-electron chi connectivity index (χ3n) is 2.17. The van der Waals surface area contributed by atoms with E-state index < -0.39 is 42.3 Å². The third-order valence-corrected chi connectivity index (χ3v) is 2.54. The molecule has 0 radical (unpaired) electrons. The summed E-state index contributed by atoms with van der Waals surface area (Å²) < 4.78 is 9.46. The number of hydrogen-bond acceptors (Lipinski definition) is 7. The second-order valence-electron chi connectivity index (χ2n) is 5.15. The van der Waals surface area contributed by atoms with Crippen molar-refractivity contribution in [2.45, 2.75) is 38.5 Å². The van der Waals surface area contributed by atoms with Crippen molar-refractivity contribution in [3.05, 3.63) is 0 Å². The van der Waals surface area contributed by atoms with Crippen LogP contribution in [0.1, 0.15) is 20.8 Å². The lowest BCUT2D eigenvalue weighted by atomic mass is 10.2. The number of carbonyl (C=O) groups is 3. The summed E-state index contributed by atoms with van der Waals surface area (Å²) in [6.45, 7) is 4.34. The van der Waals surface area contributed by atoms with Crippen molar-refractivity contribution in [2.24, 2.45) is 0 Å². The minimum absolute atomic E-state index is 0.0169. The monoisotopic (exact) mass is 322 g/mol. The number of carbonyl (C=O) groups excluding carboxylic acids is 3. The Morgan fingerprint density at radius 1 is 1.19 bits per heavy atom. The number of amides is 2. The van der Waals surface area contributed by atoms with Crippen LogP contribution in [0.3, 0.4) is 0 Å². The molecule has 0 bridgehead atoms. The molecule has 0 aromatic heterocycles. The molecule has 21 heavy (non-hydrogen) atoms. The van der Waals surface area contributed by atoms with Gasteiger partial charge in [-0.3, -0.25) is 4.79 Å². The zero-order valence-electron chi connectivity index (χ0n) is 12.5. The van der Waals surface area contributed by atoms with Crippen LogP contribution >= 0.6 is 12.6 Å². The Morgan fingerprint density at radius 3 is 2.14 bits per heavy atom. The summed E-state index contributed by atoms with van der Waals surface area (Å²) in [6.07, 6.45) is -0.850. The second-order valence-corrected chi connectivity index (χ2v) is 5.51. The molecule has 2 amide bonds. The summed E-state index contributed by atoms with van der Waals surface area (Å²) in [6, 6.07) is -2.22. The fourth-order valence-corrected chi connectivity index (χ4v) is 1.48. The Morgan fingerprint density at radius 2 is 1.76 bits per heavy atom. The lowest BCUT2D eigenvalue weighted by Gasteiger charge is -2.23. The number of ether oxygens (including phenoxy) is 2. The number of thiol groups is 1. The first-order valence-electron chi connectivity index (χ1n) is 6.24. The molecule has 0 rings (SSSR count). The van der Waals surface area contributed by atoms with E-state index >= 15 is 0 Å². The predicted molar refractivity (Wildman–Crippen MR) is 78.0 cm³/mol. The van der Waals surface area contributed by atoms with Crippen LogP contribution < -0.4 is 10.6 Å². The molecule has 0 aliphatic rings. The van der Waals surface area contributed by atoms with Crippen molar-refractivity contribution in [1.82, 2.24) is 10.6 Å². The molecule has 0 heterocycles. The molecule has 0 unspecified atom stereocenters. The summed E-state index contributed by atoms with van der Waals surface area (Å²) in [7, 11) is 1.17. The van der Waals surface area contributed by atoms with Gasteiger partial charge in [0.15, 0.2) is 0 Å².